The maximum atomic E-state index is 11.6. The van der Waals surface area contributed by atoms with Gasteiger partial charge in [0.25, 0.3) is 0 Å². The lowest BCUT2D eigenvalue weighted by atomic mass is 9.84. The molecule has 4 N–H and O–H groups in total. The number of nitrogens with two attached hydrogens (primary N) is 1. The smallest absolute Gasteiger partial charge is 0.220 e. The summed E-state index contributed by atoms with van der Waals surface area (Å²) in [6.07, 6.45) is 2.27. The van der Waals surface area contributed by atoms with E-state index < -0.39 is 6.10 Å². The fraction of sp³-hybridized carbons (Fsp3) is 0.923. The molecule has 0 aromatic carbocycles. The Labute approximate surface area is 110 Å². The molecule has 1 unspecified atom stereocenters. The minimum Gasteiger partial charge on any atom is -0.391 e. The highest BCUT2D eigenvalue weighted by Crippen LogP contribution is 2.25. The highest BCUT2D eigenvalue weighted by molar-refractivity contribution is 5.75. The van der Waals surface area contributed by atoms with E-state index in [1.165, 1.54) is 0 Å². The highest BCUT2D eigenvalue weighted by Gasteiger charge is 2.18. The normalized spacial score (nSPS) is 13.4. The first-order valence-corrected chi connectivity index (χ1v) is 6.55. The maximum absolute atomic E-state index is 11.6. The van der Waals surface area contributed by atoms with Crippen molar-refractivity contribution in [3.8, 4) is 0 Å². The number of rotatable bonds is 10. The molecule has 108 valence electrons. The van der Waals surface area contributed by atoms with E-state index in [1.54, 1.807) is 7.11 Å². The van der Waals surface area contributed by atoms with Gasteiger partial charge in [-0.1, -0.05) is 13.8 Å². The predicted octanol–water partition coefficient (Wildman–Crippen LogP) is 0.655. The first-order valence-electron chi connectivity index (χ1n) is 6.55. The lowest BCUT2D eigenvalue weighted by molar-refractivity contribution is -0.121. The summed E-state index contributed by atoms with van der Waals surface area (Å²) in [6, 6.07) is 0. The van der Waals surface area contributed by atoms with Crippen LogP contribution in [0.1, 0.15) is 39.5 Å². The summed E-state index contributed by atoms with van der Waals surface area (Å²) in [7, 11) is 1.54. The van der Waals surface area contributed by atoms with Gasteiger partial charge >= 0.3 is 0 Å². The van der Waals surface area contributed by atoms with Crippen LogP contribution in [0.25, 0.3) is 0 Å². The van der Waals surface area contributed by atoms with Crippen molar-refractivity contribution in [2.75, 3.05) is 26.8 Å². The molecule has 18 heavy (non-hydrogen) atoms. The average Bonchev–Trinajstić information content (AvgIpc) is 2.27. The van der Waals surface area contributed by atoms with Crippen molar-refractivity contribution in [3.63, 3.8) is 0 Å². The third kappa shape index (κ3) is 9.39. The number of hydrogen-bond donors (Lipinski definition) is 3. The molecule has 0 aromatic heterocycles. The van der Waals surface area contributed by atoms with Crippen LogP contribution in [-0.4, -0.2) is 43.9 Å². The molecule has 0 rings (SSSR count). The number of carbonyl (C=O) groups excluding carboxylic acids is 1. The molecule has 0 aliphatic carbocycles. The van der Waals surface area contributed by atoms with Crippen molar-refractivity contribution in [2.45, 2.75) is 45.6 Å². The van der Waals surface area contributed by atoms with E-state index >= 15 is 0 Å². The van der Waals surface area contributed by atoms with Crippen molar-refractivity contribution in [1.82, 2.24) is 5.32 Å². The van der Waals surface area contributed by atoms with Gasteiger partial charge in [0.15, 0.2) is 0 Å². The van der Waals surface area contributed by atoms with Crippen LogP contribution in [0, 0.1) is 5.41 Å². The van der Waals surface area contributed by atoms with Crippen LogP contribution in [0.15, 0.2) is 0 Å². The summed E-state index contributed by atoms with van der Waals surface area (Å²) in [6.45, 7) is 5.68. The van der Waals surface area contributed by atoms with E-state index in [0.29, 0.717) is 32.5 Å². The summed E-state index contributed by atoms with van der Waals surface area (Å²) in [5.74, 6) is 0.0321. The number of carbonyl (C=O) groups is 1. The van der Waals surface area contributed by atoms with Gasteiger partial charge in [-0.25, -0.2) is 0 Å². The fourth-order valence-electron chi connectivity index (χ4n) is 1.71. The van der Waals surface area contributed by atoms with Crippen LogP contribution in [-0.2, 0) is 9.53 Å². The standard InChI is InChI=1S/C13H28N2O3/c1-13(2,7-8-14)6-4-12(17)15-9-5-11(16)10-18-3/h11,16H,4-10,14H2,1-3H3,(H,15,17). The maximum Gasteiger partial charge on any atom is 0.220 e. The van der Waals surface area contributed by atoms with E-state index in [0.717, 1.165) is 12.8 Å². The number of ether oxygens (including phenoxy) is 1. The van der Waals surface area contributed by atoms with Gasteiger partial charge in [-0.2, -0.15) is 0 Å². The Bertz CT molecular complexity index is 232. The summed E-state index contributed by atoms with van der Waals surface area (Å²) < 4.78 is 4.81. The second kappa shape index (κ2) is 9.30. The topological polar surface area (TPSA) is 84.6 Å². The number of nitrogens with one attached hydrogen (secondary N) is 1. The Balaban J connectivity index is 3.66. The Kier molecular flexibility index (Phi) is 8.97. The monoisotopic (exact) mass is 260 g/mol. The van der Waals surface area contributed by atoms with Crippen molar-refractivity contribution in [1.29, 1.82) is 0 Å². The molecule has 0 aromatic rings. The molecule has 1 amide bonds. The molecule has 0 heterocycles. The molecule has 5 heteroatoms. The first-order chi connectivity index (χ1) is 8.41. The van der Waals surface area contributed by atoms with E-state index in [2.05, 4.69) is 19.2 Å². The van der Waals surface area contributed by atoms with Crippen LogP contribution in [0.2, 0.25) is 0 Å². The number of aliphatic hydroxyl groups excluding tert-OH is 1. The lowest BCUT2D eigenvalue weighted by Crippen LogP contribution is -2.29. The van der Waals surface area contributed by atoms with E-state index in [4.69, 9.17) is 10.5 Å². The SMILES string of the molecule is COCC(O)CCNC(=O)CCC(C)(C)CCN. The van der Waals surface area contributed by atoms with Gasteiger partial charge in [0.05, 0.1) is 12.7 Å². The van der Waals surface area contributed by atoms with Gasteiger partial charge in [-0.3, -0.25) is 4.79 Å². The molecule has 0 radical (unpaired) electrons. The minimum absolute atomic E-state index is 0.0321. The zero-order chi connectivity index (χ0) is 14.0. The molecule has 1 atom stereocenters. The van der Waals surface area contributed by atoms with E-state index in [1.807, 2.05) is 0 Å². The minimum atomic E-state index is -0.510. The molecule has 0 saturated heterocycles. The van der Waals surface area contributed by atoms with Crippen LogP contribution < -0.4 is 11.1 Å². The molecule has 0 aliphatic rings. The summed E-state index contributed by atoms with van der Waals surface area (Å²) in [5.41, 5.74) is 5.64. The average molecular weight is 260 g/mol. The van der Waals surface area contributed by atoms with Crippen molar-refractivity contribution < 1.29 is 14.6 Å². The number of methoxy groups -OCH3 is 1. The van der Waals surface area contributed by atoms with Gasteiger partial charge in [-0.15, -0.1) is 0 Å². The summed E-state index contributed by atoms with van der Waals surface area (Å²) >= 11 is 0. The summed E-state index contributed by atoms with van der Waals surface area (Å²) in [4.78, 5) is 11.6. The Morgan fingerprint density at radius 1 is 1.44 bits per heavy atom. The third-order valence-corrected chi connectivity index (χ3v) is 3.01. The number of aliphatic hydroxyl groups is 1. The van der Waals surface area contributed by atoms with Crippen LogP contribution in [0.4, 0.5) is 0 Å². The van der Waals surface area contributed by atoms with Crippen LogP contribution >= 0.6 is 0 Å². The second-order valence-corrected chi connectivity index (χ2v) is 5.45. The Hall–Kier alpha value is -0.650. The van der Waals surface area contributed by atoms with E-state index in [-0.39, 0.29) is 11.3 Å². The molecule has 0 aliphatic heterocycles. The zero-order valence-corrected chi connectivity index (χ0v) is 11.9. The second-order valence-electron chi connectivity index (χ2n) is 5.45. The Morgan fingerprint density at radius 2 is 2.11 bits per heavy atom. The van der Waals surface area contributed by atoms with Crippen molar-refractivity contribution >= 4 is 5.91 Å². The predicted molar refractivity (Wildman–Crippen MR) is 72.2 cm³/mol. The van der Waals surface area contributed by atoms with Crippen molar-refractivity contribution in [3.05, 3.63) is 0 Å². The Morgan fingerprint density at radius 3 is 2.67 bits per heavy atom. The van der Waals surface area contributed by atoms with Crippen LogP contribution in [0.5, 0.6) is 0 Å². The van der Waals surface area contributed by atoms with Gasteiger partial charge in [0, 0.05) is 20.1 Å². The fourth-order valence-corrected chi connectivity index (χ4v) is 1.71. The van der Waals surface area contributed by atoms with Gasteiger partial charge < -0.3 is 20.9 Å². The third-order valence-electron chi connectivity index (χ3n) is 3.01. The van der Waals surface area contributed by atoms with E-state index in [9.17, 15) is 9.90 Å². The zero-order valence-electron chi connectivity index (χ0n) is 11.9. The molecular formula is C13H28N2O3. The molecule has 0 spiro atoms. The van der Waals surface area contributed by atoms with Gasteiger partial charge in [0.2, 0.25) is 5.91 Å². The largest absolute Gasteiger partial charge is 0.391 e. The van der Waals surface area contributed by atoms with Crippen molar-refractivity contribution in [2.24, 2.45) is 11.1 Å². The van der Waals surface area contributed by atoms with Crippen LogP contribution in [0.3, 0.4) is 0 Å². The molecular weight excluding hydrogens is 232 g/mol. The van der Waals surface area contributed by atoms with Gasteiger partial charge in [0.1, 0.15) is 0 Å². The van der Waals surface area contributed by atoms with Gasteiger partial charge in [-0.05, 0) is 31.2 Å². The molecule has 0 fully saturated rings. The summed E-state index contributed by atoms with van der Waals surface area (Å²) in [5, 5.41) is 12.2. The highest BCUT2D eigenvalue weighted by atomic mass is 16.5. The lowest BCUT2D eigenvalue weighted by Gasteiger charge is -2.23. The molecule has 0 saturated carbocycles. The molecule has 0 bridgehead atoms. The first kappa shape index (κ1) is 17.4. The number of amides is 1. The molecule has 5 nitrogen and oxygen atoms in total. The quantitative estimate of drug-likeness (QED) is 0.538. The number of hydrogen-bond acceptors (Lipinski definition) is 4.